The van der Waals surface area contributed by atoms with E-state index in [0.717, 1.165) is 18.4 Å². The van der Waals surface area contributed by atoms with Crippen molar-refractivity contribution < 1.29 is 49.1 Å². The van der Waals surface area contributed by atoms with Crippen LogP contribution in [0.15, 0.2) is 48.5 Å². The number of nitrogens with zero attached hydrogens (tertiary/aromatic N) is 5. The van der Waals surface area contributed by atoms with E-state index in [1.807, 2.05) is 0 Å². The number of alkyl halides is 5. The normalized spacial score (nSPS) is 17.8. The molecule has 300 valence electrons. The minimum atomic E-state index is -5.07. The summed E-state index contributed by atoms with van der Waals surface area (Å²) >= 11 is 0. The molecule has 3 atom stereocenters. The topological polar surface area (TPSA) is 144 Å². The summed E-state index contributed by atoms with van der Waals surface area (Å²) in [5, 5.41) is 20.6. The Hall–Kier alpha value is -5.48. The summed E-state index contributed by atoms with van der Waals surface area (Å²) in [5.41, 5.74) is -2.74. The van der Waals surface area contributed by atoms with Crippen molar-refractivity contribution >= 4 is 32.7 Å². The molecule has 0 saturated heterocycles. The first-order valence-electron chi connectivity index (χ1n) is 17.5. The van der Waals surface area contributed by atoms with Gasteiger partial charge in [0, 0.05) is 46.5 Å². The van der Waals surface area contributed by atoms with Crippen molar-refractivity contribution in [1.29, 1.82) is 0 Å². The number of benzene rings is 2. The van der Waals surface area contributed by atoms with Crippen molar-refractivity contribution in [2.24, 2.45) is 18.4 Å². The number of halogens is 7. The fraction of sp³-hybridized carbons (Fsp3) is 0.368. The number of rotatable bonds is 10. The molecule has 1 saturated carbocycles. The number of hydrogen-bond donors (Lipinski definition) is 3. The third kappa shape index (κ3) is 7.80. The zero-order valence-corrected chi connectivity index (χ0v) is 31.5. The first-order chi connectivity index (χ1) is 26.6. The van der Waals surface area contributed by atoms with Gasteiger partial charge in [-0.1, -0.05) is 18.1 Å². The number of nitrogens with one attached hydrogen (secondary N) is 2. The fourth-order valence-corrected chi connectivity index (χ4v) is 7.77. The predicted molar refractivity (Wildman–Crippen MR) is 193 cm³/mol. The molecule has 19 heteroatoms. The van der Waals surface area contributed by atoms with E-state index in [2.05, 4.69) is 32.1 Å². The molecular formula is C38H34F7N7O4S. The van der Waals surface area contributed by atoms with Crippen molar-refractivity contribution in [3.63, 3.8) is 0 Å². The zero-order valence-electron chi connectivity index (χ0n) is 30.6. The molecule has 0 radical (unpaired) electrons. The molecule has 11 nitrogen and oxygen atoms in total. The Morgan fingerprint density at radius 2 is 1.77 bits per heavy atom. The van der Waals surface area contributed by atoms with Gasteiger partial charge in [0.05, 0.1) is 30.1 Å². The van der Waals surface area contributed by atoms with Gasteiger partial charge in [0.25, 0.3) is 5.92 Å². The smallest absolute Gasteiger partial charge is 0.395 e. The average Bonchev–Trinajstić information content (AvgIpc) is 3.65. The van der Waals surface area contributed by atoms with Gasteiger partial charge in [-0.3, -0.25) is 18.9 Å². The standard InChI is InChI=1S/C38H34F7N7O4S/c1-36(2,18-53)11-10-22-8-9-23(24-6-5-7-25-32(24)51(3)49-35(25)50-57(4,55)56)31(46-22)28(14-19-12-20(39)15-21(40)13-19)47-29(54)17-52-34-30(33(48-52)38(43,44)45)26-16-27(26)37(34,41)42/h5-9,12-13,15,26-28,53H,14,16-18H2,1-4H3,(H,47,54)(H,49,50)/t26-,27+,28-/m0/s1. The lowest BCUT2D eigenvalue weighted by Crippen LogP contribution is -2.35. The third-order valence-corrected chi connectivity index (χ3v) is 10.4. The van der Waals surface area contributed by atoms with E-state index in [4.69, 9.17) is 4.98 Å². The molecule has 57 heavy (non-hydrogen) atoms. The predicted octanol–water partition coefficient (Wildman–Crippen LogP) is 6.18. The van der Waals surface area contributed by atoms with Crippen molar-refractivity contribution in [3.05, 3.63) is 94.1 Å². The van der Waals surface area contributed by atoms with Crippen LogP contribution in [0.5, 0.6) is 0 Å². The number of aliphatic hydroxyl groups excluding tert-OH is 1. The highest BCUT2D eigenvalue weighted by molar-refractivity contribution is 7.92. The van der Waals surface area contributed by atoms with Gasteiger partial charge in [0.1, 0.15) is 29.6 Å². The highest BCUT2D eigenvalue weighted by Crippen LogP contribution is 2.68. The Morgan fingerprint density at radius 3 is 2.42 bits per heavy atom. The van der Waals surface area contributed by atoms with Crippen LogP contribution in [0.3, 0.4) is 0 Å². The summed E-state index contributed by atoms with van der Waals surface area (Å²) in [5.74, 6) is -3.26. The molecule has 3 aromatic heterocycles. The number of fused-ring (bicyclic) bond motifs is 4. The van der Waals surface area contributed by atoms with Crippen LogP contribution >= 0.6 is 0 Å². The highest BCUT2D eigenvalue weighted by Gasteiger charge is 2.68. The van der Waals surface area contributed by atoms with Crippen LogP contribution in [-0.2, 0) is 46.9 Å². The number of carbonyl (C=O) groups is 1. The summed E-state index contributed by atoms with van der Waals surface area (Å²) in [7, 11) is -2.23. The second-order valence-corrected chi connectivity index (χ2v) is 16.7. The van der Waals surface area contributed by atoms with Gasteiger partial charge in [-0.05, 0) is 74.4 Å². The molecule has 3 heterocycles. The van der Waals surface area contributed by atoms with Crippen LogP contribution in [0.2, 0.25) is 0 Å². The number of amides is 1. The molecule has 0 bridgehead atoms. The second kappa shape index (κ2) is 13.9. The largest absolute Gasteiger partial charge is 0.435 e. The maximum atomic E-state index is 15.4. The summed E-state index contributed by atoms with van der Waals surface area (Å²) in [6, 6.07) is 9.26. The number of para-hydroxylation sites is 1. The van der Waals surface area contributed by atoms with Gasteiger partial charge < -0.3 is 10.4 Å². The second-order valence-electron chi connectivity index (χ2n) is 14.9. The Bertz CT molecular complexity index is 2610. The van der Waals surface area contributed by atoms with Crippen LogP contribution in [-0.4, -0.2) is 56.8 Å². The Morgan fingerprint density at radius 1 is 1.07 bits per heavy atom. The minimum Gasteiger partial charge on any atom is -0.395 e. The average molecular weight is 818 g/mol. The molecular weight excluding hydrogens is 784 g/mol. The van der Waals surface area contributed by atoms with Gasteiger partial charge in [0.15, 0.2) is 11.5 Å². The van der Waals surface area contributed by atoms with Gasteiger partial charge in [0.2, 0.25) is 15.9 Å². The maximum Gasteiger partial charge on any atom is 0.435 e. The van der Waals surface area contributed by atoms with Crippen LogP contribution < -0.4 is 10.0 Å². The van der Waals surface area contributed by atoms with E-state index in [9.17, 15) is 40.3 Å². The monoisotopic (exact) mass is 817 g/mol. The Labute approximate surface area is 321 Å². The number of aromatic nitrogens is 5. The zero-order chi connectivity index (χ0) is 41.4. The van der Waals surface area contributed by atoms with Crippen molar-refractivity contribution in [2.75, 3.05) is 17.6 Å². The number of hydrogen-bond acceptors (Lipinski definition) is 7. The van der Waals surface area contributed by atoms with Crippen molar-refractivity contribution in [2.45, 2.75) is 57.3 Å². The number of aryl methyl sites for hydroxylation is 1. The van der Waals surface area contributed by atoms with E-state index in [-0.39, 0.29) is 47.8 Å². The van der Waals surface area contributed by atoms with Crippen LogP contribution in [0.1, 0.15) is 66.1 Å². The maximum absolute atomic E-state index is 15.4. The molecule has 0 spiro atoms. The molecule has 3 N–H and O–H groups in total. The van der Waals surface area contributed by atoms with Crippen LogP contribution in [0.4, 0.5) is 36.6 Å². The summed E-state index contributed by atoms with van der Waals surface area (Å²) in [6.45, 7) is 1.96. The molecule has 0 aliphatic heterocycles. The quantitative estimate of drug-likeness (QED) is 0.113. The lowest BCUT2D eigenvalue weighted by molar-refractivity contribution is -0.142. The molecule has 2 aromatic carbocycles. The van der Waals surface area contributed by atoms with Crippen LogP contribution in [0, 0.1) is 34.8 Å². The number of pyridine rings is 1. The first-order valence-corrected chi connectivity index (χ1v) is 19.3. The first kappa shape index (κ1) is 39.7. The Kier molecular flexibility index (Phi) is 9.67. The summed E-state index contributed by atoms with van der Waals surface area (Å²) in [6.07, 6.45) is -4.64. The van der Waals surface area contributed by atoms with E-state index >= 15 is 8.78 Å². The number of sulfonamides is 1. The number of carbonyl (C=O) groups excluding carboxylic acids is 1. The minimum absolute atomic E-state index is 0.000381. The van der Waals surface area contributed by atoms with Gasteiger partial charge in [-0.25, -0.2) is 22.2 Å². The molecule has 5 aromatic rings. The van der Waals surface area contributed by atoms with E-state index in [1.54, 1.807) is 45.2 Å². The molecule has 2 aliphatic carbocycles. The molecule has 2 aliphatic rings. The summed E-state index contributed by atoms with van der Waals surface area (Å²) in [4.78, 5) is 18.6. The van der Waals surface area contributed by atoms with Crippen LogP contribution in [0.25, 0.3) is 22.0 Å². The third-order valence-electron chi connectivity index (χ3n) is 9.81. The lowest BCUT2D eigenvalue weighted by atomic mass is 9.93. The molecule has 0 unspecified atom stereocenters. The molecule has 1 amide bonds. The lowest BCUT2D eigenvalue weighted by Gasteiger charge is -2.23. The number of aliphatic hydroxyl groups is 1. The van der Waals surface area contributed by atoms with Gasteiger partial charge in [-0.15, -0.1) is 0 Å². The van der Waals surface area contributed by atoms with E-state index < -0.39 is 86.5 Å². The fourth-order valence-electron chi connectivity index (χ4n) is 7.27. The number of anilines is 1. The molecule has 7 rings (SSSR count). The SMILES string of the molecule is Cn1nc(NS(C)(=O)=O)c2cccc(-c3ccc(C#CC(C)(C)CO)nc3[C@H](Cc3cc(F)cc(F)c3)NC(=O)Cn3nc(C(F)(F)F)c4c3C(F)(F)[C@@H]3C[C@H]43)c21. The highest BCUT2D eigenvalue weighted by atomic mass is 32.2. The van der Waals surface area contributed by atoms with Gasteiger partial charge >= 0.3 is 6.18 Å². The van der Waals surface area contributed by atoms with Gasteiger partial charge in [-0.2, -0.15) is 32.1 Å². The summed E-state index contributed by atoms with van der Waals surface area (Å²) < 4.78 is 130. The Balaban J connectivity index is 1.38. The van der Waals surface area contributed by atoms with Crippen molar-refractivity contribution in [1.82, 2.24) is 29.9 Å². The van der Waals surface area contributed by atoms with E-state index in [0.29, 0.717) is 27.2 Å². The van der Waals surface area contributed by atoms with E-state index in [1.165, 1.54) is 10.7 Å². The molecule has 1 fully saturated rings. The van der Waals surface area contributed by atoms with Crippen molar-refractivity contribution in [3.8, 4) is 23.0 Å².